The summed E-state index contributed by atoms with van der Waals surface area (Å²) < 4.78 is 11.1. The van der Waals surface area contributed by atoms with Crippen LogP contribution in [0.2, 0.25) is 0 Å². The predicted molar refractivity (Wildman–Crippen MR) is 86.3 cm³/mol. The van der Waals surface area contributed by atoms with E-state index in [0.29, 0.717) is 32.8 Å². The molecule has 0 saturated carbocycles. The maximum atomic E-state index is 12.8. The molecule has 0 aliphatic carbocycles. The van der Waals surface area contributed by atoms with E-state index in [1.54, 1.807) is 31.4 Å². The van der Waals surface area contributed by atoms with E-state index in [1.165, 1.54) is 7.11 Å². The number of nitrogens with two attached hydrogens (primary N) is 1. The molecule has 5 heteroatoms. The number of benzene rings is 2. The number of methoxy groups -OCH3 is 2. The molecule has 2 N–H and O–H groups in total. The normalized spacial score (nSPS) is 10.3. The van der Waals surface area contributed by atoms with Gasteiger partial charge in [-0.15, -0.1) is 0 Å². The Labute approximate surface area is 132 Å². The Morgan fingerprint density at radius 3 is 2.48 bits per heavy atom. The van der Waals surface area contributed by atoms with Gasteiger partial charge in [-0.2, -0.15) is 0 Å². The number of anilines is 1. The van der Waals surface area contributed by atoms with Crippen LogP contribution in [0.4, 0.5) is 5.69 Å². The molecule has 2 rings (SSSR count). The molecule has 0 aliphatic heterocycles. The Morgan fingerprint density at radius 2 is 1.86 bits per heavy atom. The van der Waals surface area contributed by atoms with Gasteiger partial charge in [0.05, 0.1) is 19.8 Å². The standard InChI is InChI=1S/C16H16BrNO3/c1-9-4-5-10(18)6-12(9)16(19)15-13(17)7-11(20-2)8-14(15)21-3/h4-8H,18H2,1-3H3. The van der Waals surface area contributed by atoms with Gasteiger partial charge in [0, 0.05) is 21.8 Å². The van der Waals surface area contributed by atoms with Gasteiger partial charge in [0.2, 0.25) is 0 Å². The molecule has 4 nitrogen and oxygen atoms in total. The van der Waals surface area contributed by atoms with Gasteiger partial charge in [-0.25, -0.2) is 0 Å². The third-order valence-corrected chi connectivity index (χ3v) is 3.84. The molecule has 0 fully saturated rings. The van der Waals surface area contributed by atoms with Crippen molar-refractivity contribution in [1.82, 2.24) is 0 Å². The zero-order valence-corrected chi connectivity index (χ0v) is 13.7. The highest BCUT2D eigenvalue weighted by molar-refractivity contribution is 9.10. The Bertz CT molecular complexity index is 698. The highest BCUT2D eigenvalue weighted by Crippen LogP contribution is 2.34. The zero-order valence-electron chi connectivity index (χ0n) is 12.1. The van der Waals surface area contributed by atoms with Crippen molar-refractivity contribution in [1.29, 1.82) is 0 Å². The van der Waals surface area contributed by atoms with Gasteiger partial charge < -0.3 is 15.2 Å². The minimum Gasteiger partial charge on any atom is -0.497 e. The van der Waals surface area contributed by atoms with Crippen LogP contribution >= 0.6 is 15.9 Å². The van der Waals surface area contributed by atoms with Crippen LogP contribution in [0.5, 0.6) is 11.5 Å². The molecular weight excluding hydrogens is 334 g/mol. The third kappa shape index (κ3) is 3.03. The van der Waals surface area contributed by atoms with Crippen LogP contribution in [0.3, 0.4) is 0 Å². The van der Waals surface area contributed by atoms with Gasteiger partial charge >= 0.3 is 0 Å². The van der Waals surface area contributed by atoms with Crippen LogP contribution in [-0.2, 0) is 0 Å². The molecule has 0 aromatic heterocycles. The summed E-state index contributed by atoms with van der Waals surface area (Å²) in [6, 6.07) is 8.68. The lowest BCUT2D eigenvalue weighted by molar-refractivity contribution is 0.103. The molecule has 2 aromatic carbocycles. The van der Waals surface area contributed by atoms with E-state index in [-0.39, 0.29) is 5.78 Å². The molecule has 0 radical (unpaired) electrons. The van der Waals surface area contributed by atoms with Crippen LogP contribution in [0.15, 0.2) is 34.8 Å². The molecule has 0 atom stereocenters. The zero-order chi connectivity index (χ0) is 15.6. The summed E-state index contributed by atoms with van der Waals surface area (Å²) in [7, 11) is 3.08. The van der Waals surface area contributed by atoms with Crippen molar-refractivity contribution in [3.63, 3.8) is 0 Å². The second kappa shape index (κ2) is 6.18. The first-order valence-electron chi connectivity index (χ1n) is 6.30. The molecule has 21 heavy (non-hydrogen) atoms. The SMILES string of the molecule is COc1cc(Br)c(C(=O)c2cc(N)ccc2C)c(OC)c1. The first-order valence-corrected chi connectivity index (χ1v) is 7.09. The van der Waals surface area contributed by atoms with Gasteiger partial charge in [0.1, 0.15) is 11.5 Å². The molecule has 0 saturated heterocycles. The summed E-state index contributed by atoms with van der Waals surface area (Å²) in [5, 5.41) is 0. The van der Waals surface area contributed by atoms with Crippen molar-refractivity contribution >= 4 is 27.4 Å². The minimum absolute atomic E-state index is 0.147. The van der Waals surface area contributed by atoms with Crippen LogP contribution in [-0.4, -0.2) is 20.0 Å². The number of nitrogen functional groups attached to an aromatic ring is 1. The predicted octanol–water partition coefficient (Wildman–Crippen LogP) is 3.59. The summed E-state index contributed by atoms with van der Waals surface area (Å²) >= 11 is 3.41. The van der Waals surface area contributed by atoms with E-state index >= 15 is 0 Å². The molecule has 0 heterocycles. The molecule has 0 amide bonds. The fourth-order valence-electron chi connectivity index (χ4n) is 2.08. The highest BCUT2D eigenvalue weighted by Gasteiger charge is 2.21. The Kier molecular flexibility index (Phi) is 4.53. The third-order valence-electron chi connectivity index (χ3n) is 3.22. The summed E-state index contributed by atoms with van der Waals surface area (Å²) in [6.07, 6.45) is 0. The van der Waals surface area contributed by atoms with Crippen molar-refractivity contribution in [2.75, 3.05) is 20.0 Å². The first-order chi connectivity index (χ1) is 9.97. The fraction of sp³-hybridized carbons (Fsp3) is 0.188. The maximum absolute atomic E-state index is 12.8. The number of rotatable bonds is 4. The van der Waals surface area contributed by atoms with Crippen LogP contribution in [0.25, 0.3) is 0 Å². The first kappa shape index (κ1) is 15.4. The summed E-state index contributed by atoms with van der Waals surface area (Å²) in [4.78, 5) is 12.8. The van der Waals surface area contributed by atoms with E-state index in [0.717, 1.165) is 5.56 Å². The second-order valence-corrected chi connectivity index (χ2v) is 5.44. The molecule has 0 aliphatic rings. The van der Waals surface area contributed by atoms with E-state index in [1.807, 2.05) is 13.0 Å². The Balaban J connectivity index is 2.60. The molecular formula is C16H16BrNO3. The molecule has 0 spiro atoms. The lowest BCUT2D eigenvalue weighted by Gasteiger charge is -2.13. The summed E-state index contributed by atoms with van der Waals surface area (Å²) in [5.74, 6) is 0.916. The topological polar surface area (TPSA) is 61.5 Å². The Morgan fingerprint density at radius 1 is 1.14 bits per heavy atom. The van der Waals surface area contributed by atoms with Gasteiger partial charge in [0.15, 0.2) is 5.78 Å². The van der Waals surface area contributed by atoms with Crippen LogP contribution in [0, 0.1) is 6.92 Å². The van der Waals surface area contributed by atoms with Crippen molar-refractivity contribution in [3.8, 4) is 11.5 Å². The number of ether oxygens (including phenoxy) is 2. The molecule has 0 bridgehead atoms. The van der Waals surface area contributed by atoms with Crippen LogP contribution < -0.4 is 15.2 Å². The van der Waals surface area contributed by atoms with Crippen molar-refractivity contribution in [3.05, 3.63) is 51.5 Å². The van der Waals surface area contributed by atoms with Crippen molar-refractivity contribution in [2.24, 2.45) is 0 Å². The van der Waals surface area contributed by atoms with E-state index in [2.05, 4.69) is 15.9 Å². The number of hydrogen-bond acceptors (Lipinski definition) is 4. The van der Waals surface area contributed by atoms with E-state index in [4.69, 9.17) is 15.2 Å². The smallest absolute Gasteiger partial charge is 0.198 e. The number of halogens is 1. The van der Waals surface area contributed by atoms with Crippen molar-refractivity contribution < 1.29 is 14.3 Å². The van der Waals surface area contributed by atoms with E-state index in [9.17, 15) is 4.79 Å². The number of ketones is 1. The number of carbonyl (C=O) groups excluding carboxylic acids is 1. The second-order valence-electron chi connectivity index (χ2n) is 4.59. The quantitative estimate of drug-likeness (QED) is 0.676. The van der Waals surface area contributed by atoms with Gasteiger partial charge in [-0.1, -0.05) is 6.07 Å². The number of hydrogen-bond donors (Lipinski definition) is 1. The minimum atomic E-state index is -0.147. The lowest BCUT2D eigenvalue weighted by Crippen LogP contribution is -2.08. The molecule has 0 unspecified atom stereocenters. The fourth-order valence-corrected chi connectivity index (χ4v) is 2.68. The van der Waals surface area contributed by atoms with Crippen molar-refractivity contribution in [2.45, 2.75) is 6.92 Å². The Hall–Kier alpha value is -2.01. The number of aryl methyl sites for hydroxylation is 1. The monoisotopic (exact) mass is 349 g/mol. The highest BCUT2D eigenvalue weighted by atomic mass is 79.9. The van der Waals surface area contributed by atoms with Gasteiger partial charge in [-0.05, 0) is 46.6 Å². The average molecular weight is 350 g/mol. The van der Waals surface area contributed by atoms with Gasteiger partial charge in [0.25, 0.3) is 0 Å². The largest absolute Gasteiger partial charge is 0.497 e. The number of carbonyl (C=O) groups is 1. The average Bonchev–Trinajstić information content (AvgIpc) is 2.48. The van der Waals surface area contributed by atoms with Gasteiger partial charge in [-0.3, -0.25) is 4.79 Å². The van der Waals surface area contributed by atoms with E-state index < -0.39 is 0 Å². The molecule has 2 aromatic rings. The molecule has 110 valence electrons. The van der Waals surface area contributed by atoms with Crippen LogP contribution in [0.1, 0.15) is 21.5 Å². The maximum Gasteiger partial charge on any atom is 0.198 e. The summed E-state index contributed by atoms with van der Waals surface area (Å²) in [6.45, 7) is 1.87. The lowest BCUT2D eigenvalue weighted by atomic mass is 9.97. The summed E-state index contributed by atoms with van der Waals surface area (Å²) in [5.41, 5.74) is 8.20.